The quantitative estimate of drug-likeness (QED) is 0.451. The summed E-state index contributed by atoms with van der Waals surface area (Å²) in [6, 6.07) is 9.31. The number of hydrogen-bond donors (Lipinski definition) is 0. The van der Waals surface area contributed by atoms with E-state index in [4.69, 9.17) is 15.3 Å². The molecule has 0 saturated heterocycles. The van der Waals surface area contributed by atoms with E-state index in [1.165, 1.54) is 24.4 Å². The van der Waals surface area contributed by atoms with Gasteiger partial charge in [-0.15, -0.1) is 0 Å². The molecule has 0 radical (unpaired) electrons. The number of aromatic nitrogens is 1. The fourth-order valence-corrected chi connectivity index (χ4v) is 2.21. The van der Waals surface area contributed by atoms with Gasteiger partial charge in [0.15, 0.2) is 0 Å². The van der Waals surface area contributed by atoms with E-state index in [0.29, 0.717) is 9.13 Å². The van der Waals surface area contributed by atoms with Crippen molar-refractivity contribution in [1.82, 2.24) is 4.98 Å². The first-order valence-electron chi connectivity index (χ1n) is 5.47. The van der Waals surface area contributed by atoms with Crippen molar-refractivity contribution < 1.29 is 9.66 Å². The summed E-state index contributed by atoms with van der Waals surface area (Å²) < 4.78 is 5.84. The summed E-state index contributed by atoms with van der Waals surface area (Å²) in [6.07, 6.45) is 1.30. The second-order valence-electron chi connectivity index (χ2n) is 3.77. The van der Waals surface area contributed by atoms with Gasteiger partial charge in [-0.2, -0.15) is 10.5 Å². The number of nitriles is 2. The number of ether oxygens (including phenoxy) is 1. The largest absolute Gasteiger partial charge is 0.431 e. The van der Waals surface area contributed by atoms with E-state index in [1.807, 2.05) is 34.7 Å². The summed E-state index contributed by atoms with van der Waals surface area (Å²) in [5.41, 5.74) is 0.210. The Morgan fingerprint density at radius 3 is 2.48 bits per heavy atom. The van der Waals surface area contributed by atoms with Crippen LogP contribution in [-0.2, 0) is 0 Å². The Morgan fingerprint density at radius 1 is 1.24 bits per heavy atom. The van der Waals surface area contributed by atoms with E-state index >= 15 is 0 Å². The lowest BCUT2D eigenvalue weighted by atomic mass is 10.2. The Bertz CT molecular complexity index is 791. The monoisotopic (exact) mass is 392 g/mol. The van der Waals surface area contributed by atoms with Gasteiger partial charge in [0.2, 0.25) is 11.6 Å². The topological polar surface area (TPSA) is 113 Å². The summed E-state index contributed by atoms with van der Waals surface area (Å²) in [5.74, 6) is 0.136. The molecule has 2 rings (SSSR count). The summed E-state index contributed by atoms with van der Waals surface area (Å²) in [6.45, 7) is 0. The van der Waals surface area contributed by atoms with Crippen LogP contribution >= 0.6 is 22.6 Å². The lowest BCUT2D eigenvalue weighted by Gasteiger charge is -2.07. The van der Waals surface area contributed by atoms with Crippen LogP contribution in [0.25, 0.3) is 0 Å². The Hall–Kier alpha value is -2.72. The smallest absolute Gasteiger partial charge is 0.314 e. The van der Waals surface area contributed by atoms with Crippen LogP contribution in [0, 0.1) is 36.3 Å². The highest BCUT2D eigenvalue weighted by atomic mass is 127. The van der Waals surface area contributed by atoms with Crippen LogP contribution in [0.3, 0.4) is 0 Å². The molecule has 102 valence electrons. The molecule has 7 nitrogen and oxygen atoms in total. The van der Waals surface area contributed by atoms with Gasteiger partial charge in [-0.1, -0.05) is 0 Å². The predicted molar refractivity (Wildman–Crippen MR) is 79.6 cm³/mol. The maximum atomic E-state index is 11.1. The lowest BCUT2D eigenvalue weighted by Crippen LogP contribution is -1.98. The summed E-state index contributed by atoms with van der Waals surface area (Å²) in [4.78, 5) is 14.4. The van der Waals surface area contributed by atoms with Gasteiger partial charge < -0.3 is 4.74 Å². The Labute approximate surface area is 132 Å². The molecule has 0 aliphatic heterocycles. The molecule has 0 fully saturated rings. The van der Waals surface area contributed by atoms with E-state index in [-0.39, 0.29) is 22.9 Å². The Morgan fingerprint density at radius 2 is 1.95 bits per heavy atom. The molecule has 0 spiro atoms. The van der Waals surface area contributed by atoms with Crippen molar-refractivity contribution >= 4 is 28.3 Å². The molecular weight excluding hydrogens is 387 g/mol. The van der Waals surface area contributed by atoms with Crippen molar-refractivity contribution in [1.29, 1.82) is 10.5 Å². The highest BCUT2D eigenvalue weighted by molar-refractivity contribution is 14.1. The predicted octanol–water partition coefficient (Wildman–Crippen LogP) is 3.13. The van der Waals surface area contributed by atoms with Crippen molar-refractivity contribution in [3.8, 4) is 23.8 Å². The highest BCUT2D eigenvalue weighted by Crippen LogP contribution is 2.36. The molecule has 21 heavy (non-hydrogen) atoms. The molecule has 0 saturated carbocycles. The molecule has 0 atom stereocenters. The van der Waals surface area contributed by atoms with Crippen LogP contribution in [0.1, 0.15) is 11.1 Å². The highest BCUT2D eigenvalue weighted by Gasteiger charge is 2.21. The van der Waals surface area contributed by atoms with Crippen molar-refractivity contribution in [2.24, 2.45) is 0 Å². The number of hydrogen-bond acceptors (Lipinski definition) is 6. The summed E-state index contributed by atoms with van der Waals surface area (Å²) >= 11 is 1.85. The Balaban J connectivity index is 2.45. The first-order chi connectivity index (χ1) is 10.0. The standard InChI is InChI=1S/C13H5IN4O3/c14-10-3-9(6-16)4-11(18(19)20)13(10)21-12-2-1-8(5-15)7-17-12/h1-4,7H. The molecular formula is C13H5IN4O3. The molecule has 1 aromatic carbocycles. The maximum Gasteiger partial charge on any atom is 0.314 e. The second kappa shape index (κ2) is 6.15. The minimum atomic E-state index is -0.623. The zero-order valence-corrected chi connectivity index (χ0v) is 12.4. The number of nitro benzene ring substituents is 1. The number of nitro groups is 1. The normalized spacial score (nSPS) is 9.48. The average molecular weight is 392 g/mol. The number of halogens is 1. The zero-order valence-electron chi connectivity index (χ0n) is 10.3. The molecule has 0 bridgehead atoms. The first kappa shape index (κ1) is 14.7. The van der Waals surface area contributed by atoms with E-state index in [9.17, 15) is 10.1 Å². The third-order valence-electron chi connectivity index (χ3n) is 2.42. The average Bonchev–Trinajstić information content (AvgIpc) is 2.49. The lowest BCUT2D eigenvalue weighted by molar-refractivity contribution is -0.385. The van der Waals surface area contributed by atoms with E-state index in [1.54, 1.807) is 0 Å². The SMILES string of the molecule is N#Cc1ccc(Oc2c(I)cc(C#N)cc2[N+](=O)[O-])nc1. The van der Waals surface area contributed by atoms with Crippen LogP contribution in [0.15, 0.2) is 30.5 Å². The summed E-state index contributed by atoms with van der Waals surface area (Å²) in [7, 11) is 0. The van der Waals surface area contributed by atoms with Crippen LogP contribution in [0.5, 0.6) is 11.6 Å². The van der Waals surface area contributed by atoms with Crippen molar-refractivity contribution in [3.63, 3.8) is 0 Å². The Kier molecular flexibility index (Phi) is 4.30. The molecule has 2 aromatic rings. The number of rotatable bonds is 3. The summed E-state index contributed by atoms with van der Waals surface area (Å²) in [5, 5.41) is 28.6. The van der Waals surface area contributed by atoms with E-state index < -0.39 is 4.92 Å². The van der Waals surface area contributed by atoms with E-state index in [0.717, 1.165) is 6.07 Å². The molecule has 0 N–H and O–H groups in total. The van der Waals surface area contributed by atoms with Gasteiger partial charge in [0.05, 0.1) is 25.7 Å². The molecule has 1 aromatic heterocycles. The molecule has 0 unspecified atom stereocenters. The van der Waals surface area contributed by atoms with Gasteiger partial charge in [0, 0.05) is 18.3 Å². The third-order valence-corrected chi connectivity index (χ3v) is 3.22. The minimum Gasteiger partial charge on any atom is -0.431 e. The van der Waals surface area contributed by atoms with Crippen LogP contribution in [0.2, 0.25) is 0 Å². The van der Waals surface area contributed by atoms with Gasteiger partial charge in [-0.05, 0) is 34.7 Å². The number of benzene rings is 1. The van der Waals surface area contributed by atoms with E-state index in [2.05, 4.69) is 4.98 Å². The first-order valence-corrected chi connectivity index (χ1v) is 6.55. The fourth-order valence-electron chi connectivity index (χ4n) is 1.49. The van der Waals surface area contributed by atoms with Gasteiger partial charge in [-0.25, -0.2) is 4.98 Å². The molecule has 0 aliphatic carbocycles. The van der Waals surface area contributed by atoms with Gasteiger partial charge in [-0.3, -0.25) is 10.1 Å². The molecule has 8 heteroatoms. The number of pyridine rings is 1. The molecule has 0 aliphatic rings. The third kappa shape index (κ3) is 3.24. The van der Waals surface area contributed by atoms with Crippen molar-refractivity contribution in [3.05, 3.63) is 55.3 Å². The maximum absolute atomic E-state index is 11.1. The van der Waals surface area contributed by atoms with Crippen LogP contribution in [-0.4, -0.2) is 9.91 Å². The van der Waals surface area contributed by atoms with Gasteiger partial charge in [0.1, 0.15) is 6.07 Å². The van der Waals surface area contributed by atoms with Crippen LogP contribution < -0.4 is 4.74 Å². The minimum absolute atomic E-state index is 0.0109. The zero-order chi connectivity index (χ0) is 15.4. The fraction of sp³-hybridized carbons (Fsp3) is 0. The van der Waals surface area contributed by atoms with Crippen molar-refractivity contribution in [2.45, 2.75) is 0 Å². The molecule has 1 heterocycles. The second-order valence-corrected chi connectivity index (χ2v) is 4.94. The van der Waals surface area contributed by atoms with Crippen LogP contribution in [0.4, 0.5) is 5.69 Å². The molecule has 0 amide bonds. The van der Waals surface area contributed by atoms with Gasteiger partial charge >= 0.3 is 5.69 Å². The van der Waals surface area contributed by atoms with Gasteiger partial charge in [0.25, 0.3) is 0 Å². The number of nitrogens with zero attached hydrogens (tertiary/aromatic N) is 4. The van der Waals surface area contributed by atoms with Crippen molar-refractivity contribution in [2.75, 3.05) is 0 Å².